The van der Waals surface area contributed by atoms with Gasteiger partial charge in [0.1, 0.15) is 0 Å². The molecule has 1 fully saturated rings. The Morgan fingerprint density at radius 3 is 2.33 bits per heavy atom. The Morgan fingerprint density at radius 1 is 1.03 bits per heavy atom. The van der Waals surface area contributed by atoms with Crippen LogP contribution >= 0.6 is 0 Å². The Balaban J connectivity index is 1.66. The molecule has 30 heavy (non-hydrogen) atoms. The quantitative estimate of drug-likeness (QED) is 0.596. The fraction of sp³-hybridized carbons (Fsp3) is 0.409. The van der Waals surface area contributed by atoms with Gasteiger partial charge in [-0.15, -0.1) is 0 Å². The third kappa shape index (κ3) is 3.59. The lowest BCUT2D eigenvalue weighted by atomic mass is 10.2. The van der Waals surface area contributed by atoms with Crippen molar-refractivity contribution >= 4 is 17.1 Å². The standard InChI is InChI=1S/C22H28N6O2/c1-16(2)14-28-18-19(24(3)22(30)25(4)20(18)29)23-21(28)27-12-10-26(11-13-27)15-17-8-6-5-7-9-17/h5-9H,1,10-15H2,2-4H3. The number of aryl methyl sites for hydroxylation is 1. The maximum Gasteiger partial charge on any atom is 0.332 e. The van der Waals surface area contributed by atoms with E-state index in [9.17, 15) is 9.59 Å². The van der Waals surface area contributed by atoms with Gasteiger partial charge in [0.15, 0.2) is 11.2 Å². The molecule has 158 valence electrons. The Kier molecular flexibility index (Phi) is 5.34. The summed E-state index contributed by atoms with van der Waals surface area (Å²) in [5, 5.41) is 0. The van der Waals surface area contributed by atoms with Crippen LogP contribution in [0.2, 0.25) is 0 Å². The van der Waals surface area contributed by atoms with E-state index in [2.05, 4.69) is 40.6 Å². The van der Waals surface area contributed by atoms with Crippen molar-refractivity contribution in [2.45, 2.75) is 20.0 Å². The zero-order valence-corrected chi connectivity index (χ0v) is 17.8. The highest BCUT2D eigenvalue weighted by atomic mass is 16.2. The van der Waals surface area contributed by atoms with Crippen molar-refractivity contribution in [3.63, 3.8) is 0 Å². The predicted molar refractivity (Wildman–Crippen MR) is 119 cm³/mol. The third-order valence-corrected chi connectivity index (χ3v) is 5.66. The number of imidazole rings is 1. The van der Waals surface area contributed by atoms with E-state index in [0.717, 1.165) is 48.8 Å². The summed E-state index contributed by atoms with van der Waals surface area (Å²) in [5.74, 6) is 0.727. The first-order chi connectivity index (χ1) is 14.4. The molecule has 1 aromatic carbocycles. The number of nitrogens with zero attached hydrogens (tertiary/aromatic N) is 6. The second-order valence-electron chi connectivity index (χ2n) is 8.08. The van der Waals surface area contributed by atoms with Gasteiger partial charge in [0.25, 0.3) is 5.56 Å². The van der Waals surface area contributed by atoms with E-state index in [-0.39, 0.29) is 11.2 Å². The second-order valence-corrected chi connectivity index (χ2v) is 8.08. The van der Waals surface area contributed by atoms with Crippen LogP contribution in [0.15, 0.2) is 52.1 Å². The summed E-state index contributed by atoms with van der Waals surface area (Å²) >= 11 is 0. The summed E-state index contributed by atoms with van der Waals surface area (Å²) in [5.41, 5.74) is 2.41. The molecule has 4 rings (SSSR count). The summed E-state index contributed by atoms with van der Waals surface area (Å²) in [4.78, 5) is 34.6. The van der Waals surface area contributed by atoms with Crippen LogP contribution in [0.3, 0.4) is 0 Å². The van der Waals surface area contributed by atoms with E-state index in [1.165, 1.54) is 17.2 Å². The lowest BCUT2D eigenvalue weighted by molar-refractivity contribution is 0.248. The van der Waals surface area contributed by atoms with Crippen LogP contribution in [0.1, 0.15) is 12.5 Å². The van der Waals surface area contributed by atoms with Gasteiger partial charge in [0.2, 0.25) is 5.95 Å². The molecule has 8 heteroatoms. The molecule has 1 aliphatic heterocycles. The molecule has 0 aliphatic carbocycles. The zero-order valence-electron chi connectivity index (χ0n) is 17.8. The minimum absolute atomic E-state index is 0.323. The van der Waals surface area contributed by atoms with Gasteiger partial charge in [-0.25, -0.2) is 4.79 Å². The zero-order chi connectivity index (χ0) is 21.4. The highest BCUT2D eigenvalue weighted by molar-refractivity contribution is 5.74. The van der Waals surface area contributed by atoms with Gasteiger partial charge in [-0.1, -0.05) is 42.5 Å². The lowest BCUT2D eigenvalue weighted by Gasteiger charge is -2.35. The maximum absolute atomic E-state index is 12.9. The van der Waals surface area contributed by atoms with Crippen LogP contribution in [-0.4, -0.2) is 49.8 Å². The number of hydrogen-bond acceptors (Lipinski definition) is 5. The van der Waals surface area contributed by atoms with E-state index >= 15 is 0 Å². The number of allylic oxidation sites excluding steroid dienone is 1. The molecular weight excluding hydrogens is 380 g/mol. The summed E-state index contributed by atoms with van der Waals surface area (Å²) in [7, 11) is 3.16. The Hall–Kier alpha value is -3.13. The minimum Gasteiger partial charge on any atom is -0.340 e. The Labute approximate surface area is 175 Å². The van der Waals surface area contributed by atoms with E-state index in [1.54, 1.807) is 7.05 Å². The van der Waals surface area contributed by atoms with Gasteiger partial charge >= 0.3 is 5.69 Å². The first-order valence-electron chi connectivity index (χ1n) is 10.2. The molecule has 0 unspecified atom stereocenters. The van der Waals surface area contributed by atoms with Crippen molar-refractivity contribution in [1.29, 1.82) is 0 Å². The van der Waals surface area contributed by atoms with Crippen molar-refractivity contribution in [3.8, 4) is 0 Å². The summed E-state index contributed by atoms with van der Waals surface area (Å²) in [6.07, 6.45) is 0. The van der Waals surface area contributed by atoms with Crippen molar-refractivity contribution in [2.75, 3.05) is 31.1 Å². The van der Waals surface area contributed by atoms with Crippen molar-refractivity contribution < 1.29 is 0 Å². The summed E-state index contributed by atoms with van der Waals surface area (Å²) in [6.45, 7) is 10.8. The van der Waals surface area contributed by atoms with E-state index in [4.69, 9.17) is 4.98 Å². The number of hydrogen-bond donors (Lipinski definition) is 0. The first kappa shape index (κ1) is 20.2. The predicted octanol–water partition coefficient (Wildman–Crippen LogP) is 1.33. The van der Waals surface area contributed by atoms with Crippen molar-refractivity contribution in [3.05, 3.63) is 68.9 Å². The lowest BCUT2D eigenvalue weighted by Crippen LogP contribution is -2.47. The molecule has 8 nitrogen and oxygen atoms in total. The number of anilines is 1. The van der Waals surface area contributed by atoms with Gasteiger partial charge in [0, 0.05) is 53.4 Å². The topological polar surface area (TPSA) is 68.3 Å². The fourth-order valence-corrected chi connectivity index (χ4v) is 4.04. The summed E-state index contributed by atoms with van der Waals surface area (Å²) in [6, 6.07) is 10.5. The van der Waals surface area contributed by atoms with Gasteiger partial charge in [-0.05, 0) is 12.5 Å². The number of rotatable bonds is 5. The van der Waals surface area contributed by atoms with Crippen LogP contribution < -0.4 is 16.1 Å². The van der Waals surface area contributed by atoms with E-state index in [0.29, 0.717) is 17.7 Å². The molecular formula is C22H28N6O2. The monoisotopic (exact) mass is 408 g/mol. The Bertz CT molecular complexity index is 1200. The molecule has 2 aromatic heterocycles. The molecule has 1 saturated heterocycles. The molecule has 3 aromatic rings. The highest BCUT2D eigenvalue weighted by Gasteiger charge is 2.25. The number of benzene rings is 1. The highest BCUT2D eigenvalue weighted by Crippen LogP contribution is 2.22. The molecule has 0 radical (unpaired) electrons. The molecule has 0 saturated carbocycles. The normalized spacial score (nSPS) is 15.1. The first-order valence-corrected chi connectivity index (χ1v) is 10.2. The van der Waals surface area contributed by atoms with Crippen molar-refractivity contribution in [1.82, 2.24) is 23.6 Å². The van der Waals surface area contributed by atoms with Crippen molar-refractivity contribution in [2.24, 2.45) is 14.1 Å². The van der Waals surface area contributed by atoms with E-state index < -0.39 is 0 Å². The smallest absolute Gasteiger partial charge is 0.332 e. The van der Waals surface area contributed by atoms with Crippen LogP contribution in [0, 0.1) is 0 Å². The van der Waals surface area contributed by atoms with Gasteiger partial charge in [-0.2, -0.15) is 4.98 Å². The molecule has 0 N–H and O–H groups in total. The van der Waals surface area contributed by atoms with Gasteiger partial charge in [0.05, 0.1) is 0 Å². The molecule has 0 spiro atoms. The Morgan fingerprint density at radius 2 is 1.70 bits per heavy atom. The second kappa shape index (κ2) is 7.95. The molecule has 0 amide bonds. The molecule has 1 aliphatic rings. The van der Waals surface area contributed by atoms with Gasteiger partial charge in [-0.3, -0.25) is 18.8 Å². The van der Waals surface area contributed by atoms with E-state index in [1.807, 2.05) is 17.6 Å². The SMILES string of the molecule is C=C(C)Cn1c(N2CCN(Cc3ccccc3)CC2)nc2c1c(=O)n(C)c(=O)n2C. The average molecular weight is 409 g/mol. The average Bonchev–Trinajstić information content (AvgIpc) is 3.10. The van der Waals surface area contributed by atoms with Crippen LogP contribution in [0.25, 0.3) is 11.2 Å². The molecule has 0 atom stereocenters. The molecule has 0 bridgehead atoms. The molecule has 3 heterocycles. The van der Waals surface area contributed by atoms with Crippen LogP contribution in [0.4, 0.5) is 5.95 Å². The van der Waals surface area contributed by atoms with Gasteiger partial charge < -0.3 is 9.47 Å². The number of aromatic nitrogens is 4. The number of fused-ring (bicyclic) bond motifs is 1. The summed E-state index contributed by atoms with van der Waals surface area (Å²) < 4.78 is 4.49. The van der Waals surface area contributed by atoms with Crippen LogP contribution in [-0.2, 0) is 27.2 Å². The largest absolute Gasteiger partial charge is 0.340 e. The minimum atomic E-state index is -0.369. The number of piperazine rings is 1. The van der Waals surface area contributed by atoms with Crippen LogP contribution in [0.5, 0.6) is 0 Å². The fourth-order valence-electron chi connectivity index (χ4n) is 4.04. The maximum atomic E-state index is 12.9. The third-order valence-electron chi connectivity index (χ3n) is 5.66.